The van der Waals surface area contributed by atoms with Crippen LogP contribution < -0.4 is 4.74 Å². The van der Waals surface area contributed by atoms with E-state index in [0.717, 1.165) is 12.2 Å². The highest BCUT2D eigenvalue weighted by Gasteiger charge is 2.20. The third kappa shape index (κ3) is 4.54. The van der Waals surface area contributed by atoms with Crippen molar-refractivity contribution in [3.05, 3.63) is 29.3 Å². The van der Waals surface area contributed by atoms with Crippen LogP contribution in [-0.2, 0) is 5.41 Å². The topological polar surface area (TPSA) is 29.5 Å². The van der Waals surface area contributed by atoms with Gasteiger partial charge in [0, 0.05) is 0 Å². The van der Waals surface area contributed by atoms with Crippen molar-refractivity contribution in [1.29, 1.82) is 0 Å². The summed E-state index contributed by atoms with van der Waals surface area (Å²) in [6.45, 7) is 13.1. The second-order valence-corrected chi connectivity index (χ2v) is 6.51. The van der Waals surface area contributed by atoms with Crippen molar-refractivity contribution in [2.45, 2.75) is 59.5 Å². The number of aliphatic hydroxyl groups excluding tert-OH is 1. The Balaban J connectivity index is 2.85. The monoisotopic (exact) mass is 264 g/mol. The lowest BCUT2D eigenvalue weighted by Gasteiger charge is -2.25. The van der Waals surface area contributed by atoms with Crippen molar-refractivity contribution in [3.8, 4) is 5.75 Å². The minimum atomic E-state index is -0.404. The summed E-state index contributed by atoms with van der Waals surface area (Å²) >= 11 is 0. The molecule has 0 saturated carbocycles. The molecule has 19 heavy (non-hydrogen) atoms. The van der Waals surface area contributed by atoms with Crippen LogP contribution in [0.5, 0.6) is 5.75 Å². The lowest BCUT2D eigenvalue weighted by Crippen LogP contribution is -2.25. The summed E-state index contributed by atoms with van der Waals surface area (Å²) in [6, 6.07) is 6.29. The van der Waals surface area contributed by atoms with Crippen LogP contribution in [0.1, 0.15) is 52.2 Å². The van der Waals surface area contributed by atoms with Gasteiger partial charge in [-0.1, -0.05) is 53.2 Å². The number of aliphatic hydroxyl groups is 1. The Morgan fingerprint density at radius 2 is 1.89 bits per heavy atom. The van der Waals surface area contributed by atoms with Gasteiger partial charge >= 0.3 is 0 Å². The van der Waals surface area contributed by atoms with Crippen LogP contribution in [-0.4, -0.2) is 17.8 Å². The fourth-order valence-corrected chi connectivity index (χ4v) is 1.98. The first-order valence-electron chi connectivity index (χ1n) is 7.17. The van der Waals surface area contributed by atoms with E-state index in [1.54, 1.807) is 0 Å². The molecule has 108 valence electrons. The first-order valence-corrected chi connectivity index (χ1v) is 7.17. The number of aryl methyl sites for hydroxylation is 1. The van der Waals surface area contributed by atoms with Crippen molar-refractivity contribution in [2.24, 2.45) is 5.92 Å². The first kappa shape index (κ1) is 16.0. The Kier molecular flexibility index (Phi) is 5.42. The second-order valence-electron chi connectivity index (χ2n) is 6.51. The zero-order valence-corrected chi connectivity index (χ0v) is 13.2. The van der Waals surface area contributed by atoms with E-state index in [-0.39, 0.29) is 11.3 Å². The molecule has 0 saturated heterocycles. The van der Waals surface area contributed by atoms with E-state index in [4.69, 9.17) is 4.74 Å². The molecule has 0 aliphatic carbocycles. The zero-order chi connectivity index (χ0) is 14.6. The molecule has 0 aromatic heterocycles. The summed E-state index contributed by atoms with van der Waals surface area (Å²) in [6.07, 6.45) is 0.558. The average molecular weight is 264 g/mol. The van der Waals surface area contributed by atoms with Crippen molar-refractivity contribution in [2.75, 3.05) is 6.61 Å². The molecule has 0 radical (unpaired) electrons. The van der Waals surface area contributed by atoms with Gasteiger partial charge in [-0.25, -0.2) is 0 Å². The summed E-state index contributed by atoms with van der Waals surface area (Å²) < 4.78 is 5.88. The van der Waals surface area contributed by atoms with E-state index in [1.165, 1.54) is 11.1 Å². The van der Waals surface area contributed by atoms with Crippen LogP contribution in [0.15, 0.2) is 18.2 Å². The van der Waals surface area contributed by atoms with E-state index >= 15 is 0 Å². The van der Waals surface area contributed by atoms with Crippen LogP contribution in [0.3, 0.4) is 0 Å². The fourth-order valence-electron chi connectivity index (χ4n) is 1.98. The van der Waals surface area contributed by atoms with Crippen molar-refractivity contribution in [3.63, 3.8) is 0 Å². The van der Waals surface area contributed by atoms with Crippen LogP contribution in [0.4, 0.5) is 0 Å². The molecule has 1 aromatic carbocycles. The molecule has 2 unspecified atom stereocenters. The highest BCUT2D eigenvalue weighted by atomic mass is 16.5. The largest absolute Gasteiger partial charge is 0.491 e. The SMILES string of the molecule is CCC(C)C(O)COc1cc(C)ccc1C(C)(C)C. The lowest BCUT2D eigenvalue weighted by atomic mass is 9.86. The molecular formula is C17H28O2. The number of hydrogen-bond donors (Lipinski definition) is 1. The second kappa shape index (κ2) is 6.42. The van der Waals surface area contributed by atoms with Crippen LogP contribution in [0.2, 0.25) is 0 Å². The van der Waals surface area contributed by atoms with E-state index in [1.807, 2.05) is 0 Å². The van der Waals surface area contributed by atoms with Gasteiger partial charge in [-0.3, -0.25) is 0 Å². The Morgan fingerprint density at radius 3 is 2.42 bits per heavy atom. The van der Waals surface area contributed by atoms with E-state index < -0.39 is 6.10 Å². The normalized spacial score (nSPS) is 15.1. The maximum atomic E-state index is 10.0. The van der Waals surface area contributed by atoms with Gasteiger partial charge in [-0.05, 0) is 35.4 Å². The maximum Gasteiger partial charge on any atom is 0.123 e. The van der Waals surface area contributed by atoms with E-state index in [0.29, 0.717) is 6.61 Å². The predicted molar refractivity (Wildman–Crippen MR) is 80.8 cm³/mol. The number of hydrogen-bond acceptors (Lipinski definition) is 2. The molecule has 0 bridgehead atoms. The van der Waals surface area contributed by atoms with Gasteiger partial charge in [0.15, 0.2) is 0 Å². The van der Waals surface area contributed by atoms with Gasteiger partial charge in [0.05, 0.1) is 6.10 Å². The van der Waals surface area contributed by atoms with E-state index in [9.17, 15) is 5.11 Å². The molecule has 1 N–H and O–H groups in total. The van der Waals surface area contributed by atoms with Gasteiger partial charge in [0.2, 0.25) is 0 Å². The molecule has 0 amide bonds. The summed E-state index contributed by atoms with van der Waals surface area (Å²) in [5.41, 5.74) is 2.42. The predicted octanol–water partition coefficient (Wildman–Crippen LogP) is 4.08. The molecule has 1 rings (SSSR count). The molecule has 0 heterocycles. The molecular weight excluding hydrogens is 236 g/mol. The fraction of sp³-hybridized carbons (Fsp3) is 0.647. The number of ether oxygens (including phenoxy) is 1. The molecule has 1 aromatic rings. The molecule has 0 fully saturated rings. The Hall–Kier alpha value is -1.02. The van der Waals surface area contributed by atoms with Crippen LogP contribution in [0, 0.1) is 12.8 Å². The van der Waals surface area contributed by atoms with Crippen molar-refractivity contribution in [1.82, 2.24) is 0 Å². The molecule has 0 spiro atoms. The van der Waals surface area contributed by atoms with Gasteiger partial charge in [-0.15, -0.1) is 0 Å². The molecule has 2 atom stereocenters. The Morgan fingerprint density at radius 1 is 1.26 bits per heavy atom. The zero-order valence-electron chi connectivity index (χ0n) is 13.2. The Bertz CT molecular complexity index is 404. The molecule has 0 aliphatic heterocycles. The van der Waals surface area contributed by atoms with E-state index in [2.05, 4.69) is 59.7 Å². The van der Waals surface area contributed by atoms with Gasteiger partial charge < -0.3 is 9.84 Å². The highest BCUT2D eigenvalue weighted by Crippen LogP contribution is 2.32. The molecule has 0 aliphatic rings. The molecule has 2 nitrogen and oxygen atoms in total. The third-order valence-corrected chi connectivity index (χ3v) is 3.66. The van der Waals surface area contributed by atoms with Gasteiger partial charge in [-0.2, -0.15) is 0 Å². The maximum absolute atomic E-state index is 10.0. The number of rotatable bonds is 5. The van der Waals surface area contributed by atoms with Crippen molar-refractivity contribution < 1.29 is 9.84 Å². The summed E-state index contributed by atoms with van der Waals surface area (Å²) in [4.78, 5) is 0. The Labute approximate surface area is 117 Å². The first-order chi connectivity index (χ1) is 8.75. The minimum absolute atomic E-state index is 0.0460. The van der Waals surface area contributed by atoms with Crippen molar-refractivity contribution >= 4 is 0 Å². The van der Waals surface area contributed by atoms with Gasteiger partial charge in [0.1, 0.15) is 12.4 Å². The lowest BCUT2D eigenvalue weighted by molar-refractivity contribution is 0.0614. The van der Waals surface area contributed by atoms with Crippen LogP contribution in [0.25, 0.3) is 0 Å². The minimum Gasteiger partial charge on any atom is -0.491 e. The summed E-state index contributed by atoms with van der Waals surface area (Å²) in [7, 11) is 0. The smallest absolute Gasteiger partial charge is 0.123 e. The van der Waals surface area contributed by atoms with Crippen LogP contribution >= 0.6 is 0 Å². The summed E-state index contributed by atoms with van der Waals surface area (Å²) in [5.74, 6) is 1.16. The molecule has 2 heteroatoms. The highest BCUT2D eigenvalue weighted by molar-refractivity contribution is 5.41. The standard InChI is InChI=1S/C17H28O2/c1-7-13(3)15(18)11-19-16-10-12(2)8-9-14(16)17(4,5)6/h8-10,13,15,18H,7,11H2,1-6H3. The van der Waals surface area contributed by atoms with Gasteiger partial charge in [0.25, 0.3) is 0 Å². The summed E-state index contributed by atoms with van der Waals surface area (Å²) in [5, 5.41) is 10.0. The average Bonchev–Trinajstić information content (AvgIpc) is 2.33. The quantitative estimate of drug-likeness (QED) is 0.868. The third-order valence-electron chi connectivity index (χ3n) is 3.66. The number of benzene rings is 1.